The minimum atomic E-state index is -0.575. The van der Waals surface area contributed by atoms with Crippen LogP contribution in [0, 0.1) is 0 Å². The number of carbonyl (C=O) groups excluding carboxylic acids is 1. The molecule has 0 fully saturated rings. The lowest BCUT2D eigenvalue weighted by Gasteiger charge is -1.98. The number of aromatic hydroxyl groups is 1. The Balaban J connectivity index is 1.76. The topological polar surface area (TPSA) is 72.4 Å². The Morgan fingerprint density at radius 3 is 2.60 bits per heavy atom. The molecule has 0 aliphatic rings. The zero-order valence-corrected chi connectivity index (χ0v) is 14.1. The first kappa shape index (κ1) is 15.3. The van der Waals surface area contributed by atoms with Crippen LogP contribution in [0.1, 0.15) is 10.5 Å². The molecule has 4 aromatic rings. The summed E-state index contributed by atoms with van der Waals surface area (Å²) in [5.41, 5.74) is 1.68. The van der Waals surface area contributed by atoms with Crippen molar-refractivity contribution in [3.8, 4) is 11.4 Å². The van der Waals surface area contributed by atoms with Crippen LogP contribution in [-0.4, -0.2) is 25.4 Å². The van der Waals surface area contributed by atoms with Crippen molar-refractivity contribution >= 4 is 27.5 Å². The van der Waals surface area contributed by atoms with Crippen molar-refractivity contribution in [2.24, 2.45) is 12.0 Å². The van der Waals surface area contributed by atoms with Crippen LogP contribution in [-0.2, 0) is 7.05 Å². The number of rotatable bonds is 2. The Kier molecular flexibility index (Phi) is 3.70. The highest BCUT2D eigenvalue weighted by molar-refractivity contribution is 7.16. The van der Waals surface area contributed by atoms with E-state index in [2.05, 4.69) is 10.1 Å². The van der Waals surface area contributed by atoms with Crippen LogP contribution in [0.15, 0.2) is 65.8 Å². The second-order valence-electron chi connectivity index (χ2n) is 5.47. The van der Waals surface area contributed by atoms with Crippen molar-refractivity contribution in [1.29, 1.82) is 0 Å². The number of thiazole rings is 1. The number of aryl methyl sites for hydroxylation is 1. The Labute approximate surface area is 146 Å². The highest BCUT2D eigenvalue weighted by Gasteiger charge is 2.17. The van der Waals surface area contributed by atoms with Crippen LogP contribution in [0.4, 0.5) is 0 Å². The highest BCUT2D eigenvalue weighted by atomic mass is 32.1. The Bertz CT molecular complexity index is 1140. The van der Waals surface area contributed by atoms with Gasteiger partial charge < -0.3 is 9.67 Å². The van der Waals surface area contributed by atoms with E-state index < -0.39 is 5.91 Å². The second kappa shape index (κ2) is 6.03. The van der Waals surface area contributed by atoms with E-state index in [1.54, 1.807) is 0 Å². The van der Waals surface area contributed by atoms with Crippen LogP contribution in [0.3, 0.4) is 0 Å². The van der Waals surface area contributed by atoms with Crippen molar-refractivity contribution in [3.63, 3.8) is 0 Å². The number of para-hydroxylation sites is 2. The lowest BCUT2D eigenvalue weighted by atomic mass is 10.3. The minimum absolute atomic E-state index is 0.0682. The summed E-state index contributed by atoms with van der Waals surface area (Å²) in [6.45, 7) is 0. The minimum Gasteiger partial charge on any atom is -0.504 e. The summed E-state index contributed by atoms with van der Waals surface area (Å²) in [5, 5.41) is 14.3. The largest absolute Gasteiger partial charge is 0.504 e. The molecule has 4 rings (SSSR count). The van der Waals surface area contributed by atoms with Gasteiger partial charge in [0.15, 0.2) is 16.2 Å². The predicted molar refractivity (Wildman–Crippen MR) is 95.9 cm³/mol. The summed E-state index contributed by atoms with van der Waals surface area (Å²) in [7, 11) is 1.85. The summed E-state index contributed by atoms with van der Waals surface area (Å²) in [6.07, 6.45) is 1.41. The smallest absolute Gasteiger partial charge is 0.304 e. The Morgan fingerprint density at radius 1 is 1.12 bits per heavy atom. The normalized spacial score (nSPS) is 12.0. The molecule has 1 amide bonds. The first-order chi connectivity index (χ1) is 12.1. The molecule has 1 N–H and O–H groups in total. The van der Waals surface area contributed by atoms with E-state index in [1.807, 2.05) is 66.2 Å². The number of nitrogens with zero attached hydrogens (tertiary/aromatic N) is 4. The Morgan fingerprint density at radius 2 is 1.84 bits per heavy atom. The van der Waals surface area contributed by atoms with E-state index in [-0.39, 0.29) is 11.4 Å². The molecule has 0 radical (unpaired) electrons. The summed E-state index contributed by atoms with van der Waals surface area (Å²) < 4.78 is 4.35. The molecular formula is C18H14N4O2S. The zero-order chi connectivity index (χ0) is 17.4. The van der Waals surface area contributed by atoms with Gasteiger partial charge in [0.05, 0.1) is 22.1 Å². The molecule has 0 aliphatic carbocycles. The van der Waals surface area contributed by atoms with Crippen LogP contribution in [0.25, 0.3) is 15.9 Å². The van der Waals surface area contributed by atoms with E-state index in [1.165, 1.54) is 22.2 Å². The van der Waals surface area contributed by atoms with Crippen molar-refractivity contribution in [3.05, 3.63) is 71.3 Å². The molecule has 2 aromatic heterocycles. The van der Waals surface area contributed by atoms with E-state index in [0.29, 0.717) is 4.80 Å². The number of hydrogen-bond acceptors (Lipinski definition) is 4. The van der Waals surface area contributed by atoms with E-state index >= 15 is 0 Å². The van der Waals surface area contributed by atoms with E-state index in [0.717, 1.165) is 15.9 Å². The van der Waals surface area contributed by atoms with Gasteiger partial charge in [-0.15, -0.1) is 0 Å². The summed E-state index contributed by atoms with van der Waals surface area (Å²) in [4.78, 5) is 17.2. The zero-order valence-electron chi connectivity index (χ0n) is 13.3. The number of hydrogen-bond donors (Lipinski definition) is 1. The van der Waals surface area contributed by atoms with Crippen molar-refractivity contribution in [2.45, 2.75) is 0 Å². The molecule has 0 aliphatic heterocycles. The third kappa shape index (κ3) is 2.74. The molecule has 25 heavy (non-hydrogen) atoms. The number of amides is 1. The molecule has 0 saturated carbocycles. The standard InChI is InChI=1S/C18H14N4O2S/c1-21-13-9-5-6-10-15(13)25-18(21)19-17(24)16-14(23)11-22(20-16)12-7-3-2-4-8-12/h2-11,23H,1H3. The van der Waals surface area contributed by atoms with Gasteiger partial charge in [0.1, 0.15) is 0 Å². The average molecular weight is 350 g/mol. The first-order valence-electron chi connectivity index (χ1n) is 7.61. The van der Waals surface area contributed by atoms with Gasteiger partial charge in [-0.05, 0) is 24.3 Å². The molecule has 2 heterocycles. The molecule has 0 atom stereocenters. The maximum absolute atomic E-state index is 12.5. The monoisotopic (exact) mass is 350 g/mol. The number of benzene rings is 2. The van der Waals surface area contributed by atoms with Gasteiger partial charge in [0, 0.05) is 7.05 Å². The maximum Gasteiger partial charge on any atom is 0.304 e. The second-order valence-corrected chi connectivity index (χ2v) is 6.48. The SMILES string of the molecule is Cn1c(=NC(=O)c2nn(-c3ccccc3)cc2O)sc2ccccc21. The average Bonchev–Trinajstić information content (AvgIpc) is 3.17. The Hall–Kier alpha value is -3.19. The number of carbonyl (C=O) groups is 1. The maximum atomic E-state index is 12.5. The third-order valence-electron chi connectivity index (χ3n) is 3.83. The fraction of sp³-hybridized carbons (Fsp3) is 0.0556. The molecule has 0 saturated heterocycles. The molecule has 6 nitrogen and oxygen atoms in total. The molecule has 124 valence electrons. The van der Waals surface area contributed by atoms with Gasteiger partial charge in [-0.3, -0.25) is 4.79 Å². The van der Waals surface area contributed by atoms with Crippen molar-refractivity contribution < 1.29 is 9.90 Å². The quantitative estimate of drug-likeness (QED) is 0.604. The van der Waals surface area contributed by atoms with Gasteiger partial charge in [-0.2, -0.15) is 10.1 Å². The third-order valence-corrected chi connectivity index (χ3v) is 4.94. The van der Waals surface area contributed by atoms with Crippen LogP contribution in [0.5, 0.6) is 5.75 Å². The fourth-order valence-electron chi connectivity index (χ4n) is 2.56. The van der Waals surface area contributed by atoms with Gasteiger partial charge in [0.2, 0.25) is 0 Å². The highest BCUT2D eigenvalue weighted by Crippen LogP contribution is 2.19. The van der Waals surface area contributed by atoms with Crippen molar-refractivity contribution in [1.82, 2.24) is 14.3 Å². The van der Waals surface area contributed by atoms with E-state index in [4.69, 9.17) is 0 Å². The van der Waals surface area contributed by atoms with Gasteiger partial charge in [0.25, 0.3) is 0 Å². The molecule has 0 spiro atoms. The molecule has 0 bridgehead atoms. The van der Waals surface area contributed by atoms with Crippen LogP contribution >= 0.6 is 11.3 Å². The summed E-state index contributed by atoms with van der Waals surface area (Å²) in [5.74, 6) is -0.768. The molecule has 7 heteroatoms. The van der Waals surface area contributed by atoms with Crippen LogP contribution < -0.4 is 4.80 Å². The van der Waals surface area contributed by atoms with Gasteiger partial charge in [-0.1, -0.05) is 41.7 Å². The van der Waals surface area contributed by atoms with Gasteiger partial charge >= 0.3 is 5.91 Å². The van der Waals surface area contributed by atoms with E-state index in [9.17, 15) is 9.90 Å². The fourth-order valence-corrected chi connectivity index (χ4v) is 3.57. The van der Waals surface area contributed by atoms with Crippen LogP contribution in [0.2, 0.25) is 0 Å². The summed E-state index contributed by atoms with van der Waals surface area (Å²) in [6, 6.07) is 17.1. The number of fused-ring (bicyclic) bond motifs is 1. The first-order valence-corrected chi connectivity index (χ1v) is 8.43. The van der Waals surface area contributed by atoms with Crippen molar-refractivity contribution in [2.75, 3.05) is 0 Å². The molecular weight excluding hydrogens is 336 g/mol. The molecule has 0 unspecified atom stereocenters. The molecule has 2 aromatic carbocycles. The predicted octanol–water partition coefficient (Wildman–Crippen LogP) is 2.87. The summed E-state index contributed by atoms with van der Waals surface area (Å²) >= 11 is 1.42. The van der Waals surface area contributed by atoms with Gasteiger partial charge in [-0.25, -0.2) is 4.68 Å². The number of aromatic nitrogens is 3. The lowest BCUT2D eigenvalue weighted by molar-refractivity contribution is 0.0990. The lowest BCUT2D eigenvalue weighted by Crippen LogP contribution is -2.13.